The first kappa shape index (κ1) is 14.3. The smallest absolute Gasteiger partial charge is 0.119 e. The molecular formula is C16H14BrClOS. The number of fused-ring (bicyclic) bond motifs is 1. The highest BCUT2D eigenvalue weighted by molar-refractivity contribution is 9.10. The van der Waals surface area contributed by atoms with Crippen molar-refractivity contribution in [2.24, 2.45) is 0 Å². The summed E-state index contributed by atoms with van der Waals surface area (Å²) in [5.74, 6) is 1.38. The molecule has 2 aromatic rings. The molecule has 0 aromatic heterocycles. The number of benzene rings is 2. The van der Waals surface area contributed by atoms with Gasteiger partial charge in [0.25, 0.3) is 0 Å². The number of rotatable bonds is 4. The first-order valence-corrected chi connectivity index (χ1v) is 8.69. The van der Waals surface area contributed by atoms with E-state index in [0.29, 0.717) is 11.1 Å². The molecule has 0 fully saturated rings. The molecule has 104 valence electrons. The van der Waals surface area contributed by atoms with Gasteiger partial charge in [0.15, 0.2) is 0 Å². The molecule has 3 rings (SSSR count). The summed E-state index contributed by atoms with van der Waals surface area (Å²) in [6, 6.07) is 14.6. The minimum absolute atomic E-state index is 0.488. The Labute approximate surface area is 136 Å². The van der Waals surface area contributed by atoms with E-state index in [0.717, 1.165) is 28.8 Å². The normalized spacial score (nSPS) is 17.0. The van der Waals surface area contributed by atoms with E-state index >= 15 is 0 Å². The maximum atomic E-state index is 5.92. The molecule has 20 heavy (non-hydrogen) atoms. The van der Waals surface area contributed by atoms with Gasteiger partial charge in [-0.1, -0.05) is 34.1 Å². The highest BCUT2D eigenvalue weighted by Crippen LogP contribution is 2.37. The second-order valence-corrected chi connectivity index (χ2v) is 7.21. The third-order valence-electron chi connectivity index (χ3n) is 3.31. The Balaban J connectivity index is 1.61. The van der Waals surface area contributed by atoms with E-state index in [1.807, 2.05) is 30.0 Å². The van der Waals surface area contributed by atoms with Crippen LogP contribution in [-0.4, -0.2) is 11.9 Å². The number of thioether (sulfide) groups is 1. The predicted octanol–water partition coefficient (Wildman–Crippen LogP) is 5.28. The van der Waals surface area contributed by atoms with Gasteiger partial charge in [-0.05, 0) is 41.8 Å². The zero-order chi connectivity index (χ0) is 13.9. The molecule has 1 unspecified atom stereocenters. The van der Waals surface area contributed by atoms with E-state index in [9.17, 15) is 0 Å². The summed E-state index contributed by atoms with van der Waals surface area (Å²) in [5, 5.41) is 0.496. The lowest BCUT2D eigenvalue weighted by Gasteiger charge is -2.12. The van der Waals surface area contributed by atoms with Crippen molar-refractivity contribution in [3.8, 4) is 5.75 Å². The van der Waals surface area contributed by atoms with E-state index in [-0.39, 0.29) is 0 Å². The van der Waals surface area contributed by atoms with Crippen LogP contribution in [0.3, 0.4) is 0 Å². The van der Waals surface area contributed by atoms with Crippen molar-refractivity contribution in [2.75, 3.05) is 6.61 Å². The van der Waals surface area contributed by atoms with Gasteiger partial charge in [0.1, 0.15) is 12.4 Å². The monoisotopic (exact) mass is 368 g/mol. The second kappa shape index (κ2) is 6.42. The number of hydrogen-bond acceptors (Lipinski definition) is 2. The van der Waals surface area contributed by atoms with Crippen LogP contribution in [0.1, 0.15) is 11.1 Å². The summed E-state index contributed by atoms with van der Waals surface area (Å²) in [4.78, 5) is 1.39. The van der Waals surface area contributed by atoms with Crippen LogP contribution in [0.4, 0.5) is 0 Å². The first-order valence-electron chi connectivity index (χ1n) is 6.48. The average molecular weight is 370 g/mol. The van der Waals surface area contributed by atoms with Crippen LogP contribution in [0.2, 0.25) is 0 Å². The standard InChI is InChI=1S/C16H14BrClOS/c17-15-6-5-13(7-12(15)9-18)19-10-14-8-11-3-1-2-4-16(11)20-14/h1-7,14H,8-10H2. The van der Waals surface area contributed by atoms with Gasteiger partial charge in [-0.2, -0.15) is 0 Å². The molecule has 1 nitrogen and oxygen atoms in total. The highest BCUT2D eigenvalue weighted by atomic mass is 79.9. The van der Waals surface area contributed by atoms with Gasteiger partial charge in [0, 0.05) is 20.5 Å². The van der Waals surface area contributed by atoms with E-state index < -0.39 is 0 Å². The summed E-state index contributed by atoms with van der Waals surface area (Å²) in [6.45, 7) is 0.725. The Bertz CT molecular complexity index is 592. The van der Waals surface area contributed by atoms with Crippen LogP contribution in [0.15, 0.2) is 51.8 Å². The lowest BCUT2D eigenvalue weighted by atomic mass is 10.1. The SMILES string of the molecule is ClCc1cc(OCC2Cc3ccccc3S2)ccc1Br. The lowest BCUT2D eigenvalue weighted by Crippen LogP contribution is -2.13. The summed E-state index contributed by atoms with van der Waals surface area (Å²) >= 11 is 11.3. The topological polar surface area (TPSA) is 9.23 Å². The fourth-order valence-electron chi connectivity index (χ4n) is 2.28. The Morgan fingerprint density at radius 2 is 2.10 bits per heavy atom. The van der Waals surface area contributed by atoms with Gasteiger partial charge in [0.05, 0.1) is 0 Å². The van der Waals surface area contributed by atoms with E-state index in [4.69, 9.17) is 16.3 Å². The highest BCUT2D eigenvalue weighted by Gasteiger charge is 2.22. The minimum Gasteiger partial charge on any atom is -0.492 e. The van der Waals surface area contributed by atoms with Crippen molar-refractivity contribution < 1.29 is 4.74 Å². The molecule has 0 radical (unpaired) electrons. The summed E-state index contributed by atoms with van der Waals surface area (Å²) in [6.07, 6.45) is 1.08. The Morgan fingerprint density at radius 3 is 2.90 bits per heavy atom. The van der Waals surface area contributed by atoms with E-state index in [1.54, 1.807) is 0 Å². The molecule has 1 aliphatic rings. The van der Waals surface area contributed by atoms with Gasteiger partial charge in [-0.25, -0.2) is 0 Å². The quantitative estimate of drug-likeness (QED) is 0.678. The van der Waals surface area contributed by atoms with Crippen molar-refractivity contribution in [1.29, 1.82) is 0 Å². The fourth-order valence-corrected chi connectivity index (χ4v) is 4.27. The Morgan fingerprint density at radius 1 is 1.25 bits per heavy atom. The van der Waals surface area contributed by atoms with Crippen molar-refractivity contribution in [2.45, 2.75) is 22.4 Å². The third-order valence-corrected chi connectivity index (χ3v) is 5.66. The van der Waals surface area contributed by atoms with Crippen LogP contribution >= 0.6 is 39.3 Å². The zero-order valence-corrected chi connectivity index (χ0v) is 14.0. The molecule has 0 amide bonds. The van der Waals surface area contributed by atoms with Crippen LogP contribution in [0.25, 0.3) is 0 Å². The lowest BCUT2D eigenvalue weighted by molar-refractivity contribution is 0.317. The predicted molar refractivity (Wildman–Crippen MR) is 89.0 cm³/mol. The van der Waals surface area contributed by atoms with Crippen LogP contribution in [0, 0.1) is 0 Å². The van der Waals surface area contributed by atoms with Gasteiger partial charge in [0.2, 0.25) is 0 Å². The number of hydrogen-bond donors (Lipinski definition) is 0. The molecule has 0 saturated carbocycles. The first-order chi connectivity index (χ1) is 9.76. The molecule has 1 atom stereocenters. The molecule has 1 aliphatic heterocycles. The number of ether oxygens (including phenoxy) is 1. The summed E-state index contributed by atoms with van der Waals surface area (Å²) in [7, 11) is 0. The minimum atomic E-state index is 0.488. The molecular weight excluding hydrogens is 356 g/mol. The maximum absolute atomic E-state index is 5.92. The van der Waals surface area contributed by atoms with Crippen molar-refractivity contribution in [3.05, 3.63) is 58.1 Å². The van der Waals surface area contributed by atoms with Crippen LogP contribution in [0.5, 0.6) is 5.75 Å². The third kappa shape index (κ3) is 3.16. The zero-order valence-electron chi connectivity index (χ0n) is 10.8. The molecule has 0 bridgehead atoms. The number of halogens is 2. The van der Waals surface area contributed by atoms with Crippen molar-refractivity contribution in [1.82, 2.24) is 0 Å². The van der Waals surface area contributed by atoms with Crippen LogP contribution < -0.4 is 4.74 Å². The fraction of sp³-hybridized carbons (Fsp3) is 0.250. The summed E-state index contributed by atoms with van der Waals surface area (Å²) in [5.41, 5.74) is 2.50. The van der Waals surface area contributed by atoms with Crippen molar-refractivity contribution >= 4 is 39.3 Å². The van der Waals surface area contributed by atoms with Gasteiger partial charge >= 0.3 is 0 Å². The van der Waals surface area contributed by atoms with Crippen LogP contribution in [-0.2, 0) is 12.3 Å². The molecule has 4 heteroatoms. The molecule has 2 aromatic carbocycles. The molecule has 0 saturated heterocycles. The van der Waals surface area contributed by atoms with Gasteiger partial charge < -0.3 is 4.74 Å². The Hall–Kier alpha value is -0.640. The van der Waals surface area contributed by atoms with Gasteiger partial charge in [-0.15, -0.1) is 23.4 Å². The number of alkyl halides is 1. The average Bonchev–Trinajstić information content (AvgIpc) is 2.89. The maximum Gasteiger partial charge on any atom is 0.119 e. The largest absolute Gasteiger partial charge is 0.492 e. The van der Waals surface area contributed by atoms with E-state index in [1.165, 1.54) is 10.5 Å². The second-order valence-electron chi connectivity index (χ2n) is 4.75. The molecule has 0 N–H and O–H groups in total. The molecule has 0 spiro atoms. The summed E-state index contributed by atoms with van der Waals surface area (Å²) < 4.78 is 6.95. The Kier molecular flexibility index (Phi) is 4.59. The van der Waals surface area contributed by atoms with Crippen molar-refractivity contribution in [3.63, 3.8) is 0 Å². The molecule has 0 aliphatic carbocycles. The van der Waals surface area contributed by atoms with E-state index in [2.05, 4.69) is 40.2 Å². The van der Waals surface area contributed by atoms with Gasteiger partial charge in [-0.3, -0.25) is 0 Å². The molecule has 1 heterocycles.